The van der Waals surface area contributed by atoms with E-state index in [2.05, 4.69) is 17.4 Å². The lowest BCUT2D eigenvalue weighted by Crippen LogP contribution is -2.26. The number of carbonyl (C=O) groups excluding carboxylic acids is 1. The maximum absolute atomic E-state index is 11.4. The lowest BCUT2D eigenvalue weighted by molar-refractivity contribution is -0.120. The Morgan fingerprint density at radius 3 is 2.57 bits per heavy atom. The second kappa shape index (κ2) is 4.92. The molecule has 3 heteroatoms. The van der Waals surface area contributed by atoms with Gasteiger partial charge in [0.05, 0.1) is 5.39 Å². The number of hydrogen-bond donors (Lipinski definition) is 1. The summed E-state index contributed by atoms with van der Waals surface area (Å²) in [6.45, 7) is 0. The van der Waals surface area contributed by atoms with E-state index in [1.807, 2.05) is 30.3 Å². The van der Waals surface area contributed by atoms with E-state index in [0.717, 1.165) is 40.5 Å². The van der Waals surface area contributed by atoms with Gasteiger partial charge in [-0.3, -0.25) is 4.79 Å². The zero-order valence-electron chi connectivity index (χ0n) is 11.8. The van der Waals surface area contributed by atoms with Crippen molar-refractivity contribution < 1.29 is 9.21 Å². The third-order valence-corrected chi connectivity index (χ3v) is 4.31. The molecular weight excluding hydrogens is 262 g/mol. The number of Topliss-reactive ketones (excluding diaryl/α,β-unsaturated/α-hetero) is 1. The molecule has 0 spiro atoms. The lowest BCUT2D eigenvalue weighted by atomic mass is 9.94. The summed E-state index contributed by atoms with van der Waals surface area (Å²) >= 11 is 0. The summed E-state index contributed by atoms with van der Waals surface area (Å²) in [5, 5.41) is 5.90. The third-order valence-electron chi connectivity index (χ3n) is 4.31. The molecule has 0 aliphatic heterocycles. The van der Waals surface area contributed by atoms with Crippen LogP contribution in [0.3, 0.4) is 0 Å². The highest BCUT2D eigenvalue weighted by atomic mass is 16.3. The van der Waals surface area contributed by atoms with Crippen LogP contribution in [0.4, 0.5) is 5.69 Å². The number of anilines is 1. The Labute approximate surface area is 122 Å². The minimum absolute atomic E-state index is 0.377. The minimum atomic E-state index is 0.377. The van der Waals surface area contributed by atoms with Crippen LogP contribution in [0.25, 0.3) is 21.9 Å². The fraction of sp³-hybridized carbons (Fsp3) is 0.278. The first-order valence-corrected chi connectivity index (χ1v) is 7.50. The number of ketones is 1. The summed E-state index contributed by atoms with van der Waals surface area (Å²) in [5.41, 5.74) is 2.94. The highest BCUT2D eigenvalue weighted by Crippen LogP contribution is 2.35. The van der Waals surface area contributed by atoms with Gasteiger partial charge in [0.1, 0.15) is 16.9 Å². The van der Waals surface area contributed by atoms with Gasteiger partial charge in [0.2, 0.25) is 0 Å². The summed E-state index contributed by atoms with van der Waals surface area (Å²) < 4.78 is 5.91. The van der Waals surface area contributed by atoms with Crippen molar-refractivity contribution in [1.29, 1.82) is 0 Å². The van der Waals surface area contributed by atoms with Gasteiger partial charge in [0.25, 0.3) is 0 Å². The van der Waals surface area contributed by atoms with Crippen molar-refractivity contribution in [3.05, 3.63) is 42.5 Å². The number of hydrogen-bond acceptors (Lipinski definition) is 3. The van der Waals surface area contributed by atoms with Crippen LogP contribution in [-0.4, -0.2) is 11.8 Å². The molecule has 1 fully saturated rings. The Hall–Kier alpha value is -2.29. The maximum Gasteiger partial charge on any atom is 0.137 e. The number of nitrogens with one attached hydrogen (secondary N) is 1. The first-order valence-electron chi connectivity index (χ1n) is 7.50. The average molecular weight is 279 g/mol. The van der Waals surface area contributed by atoms with Gasteiger partial charge in [-0.2, -0.15) is 0 Å². The van der Waals surface area contributed by atoms with Crippen molar-refractivity contribution in [3.8, 4) is 0 Å². The molecule has 106 valence electrons. The SMILES string of the molecule is O=C1CCC(Nc2cccc3oc4ccccc4c23)CC1. The third kappa shape index (κ3) is 2.19. The van der Waals surface area contributed by atoms with E-state index in [1.165, 1.54) is 0 Å². The van der Waals surface area contributed by atoms with E-state index < -0.39 is 0 Å². The Bertz CT molecular complexity index is 808. The van der Waals surface area contributed by atoms with E-state index in [0.29, 0.717) is 24.7 Å². The number of carbonyl (C=O) groups is 1. The molecule has 3 aromatic rings. The van der Waals surface area contributed by atoms with Gasteiger partial charge in [-0.15, -0.1) is 0 Å². The van der Waals surface area contributed by atoms with Crippen molar-refractivity contribution in [2.75, 3.05) is 5.32 Å². The summed E-state index contributed by atoms with van der Waals surface area (Å²) in [5.74, 6) is 0.389. The van der Waals surface area contributed by atoms with Crippen LogP contribution in [0.1, 0.15) is 25.7 Å². The summed E-state index contributed by atoms with van der Waals surface area (Å²) in [6, 6.07) is 14.6. The van der Waals surface area contributed by atoms with E-state index >= 15 is 0 Å². The molecule has 1 aromatic heterocycles. The molecule has 21 heavy (non-hydrogen) atoms. The maximum atomic E-state index is 11.4. The van der Waals surface area contributed by atoms with Crippen LogP contribution in [0.15, 0.2) is 46.9 Å². The Kier molecular flexibility index (Phi) is 2.92. The molecule has 0 radical (unpaired) electrons. The molecule has 1 heterocycles. The minimum Gasteiger partial charge on any atom is -0.456 e. The number of rotatable bonds is 2. The monoisotopic (exact) mass is 279 g/mol. The molecule has 4 rings (SSSR count). The van der Waals surface area contributed by atoms with Gasteiger partial charge < -0.3 is 9.73 Å². The van der Waals surface area contributed by atoms with Crippen LogP contribution in [0.5, 0.6) is 0 Å². The van der Waals surface area contributed by atoms with Crippen LogP contribution < -0.4 is 5.32 Å². The van der Waals surface area contributed by atoms with Crippen LogP contribution in [-0.2, 0) is 4.79 Å². The Balaban J connectivity index is 1.76. The smallest absolute Gasteiger partial charge is 0.137 e. The standard InChI is InChI=1S/C18H17NO2/c20-13-10-8-12(9-11-13)19-15-5-3-7-17-18(15)14-4-1-2-6-16(14)21-17/h1-7,12,19H,8-11H2. The quantitative estimate of drug-likeness (QED) is 0.750. The molecule has 2 aromatic carbocycles. The van der Waals surface area contributed by atoms with Crippen LogP contribution in [0, 0.1) is 0 Å². The predicted octanol–water partition coefficient (Wildman–Crippen LogP) is 4.51. The van der Waals surface area contributed by atoms with Crippen molar-refractivity contribution in [3.63, 3.8) is 0 Å². The molecule has 0 saturated heterocycles. The van der Waals surface area contributed by atoms with Gasteiger partial charge in [-0.25, -0.2) is 0 Å². The van der Waals surface area contributed by atoms with Crippen molar-refractivity contribution in [2.24, 2.45) is 0 Å². The second-order valence-electron chi connectivity index (χ2n) is 5.73. The topological polar surface area (TPSA) is 42.2 Å². The van der Waals surface area contributed by atoms with Crippen LogP contribution in [0.2, 0.25) is 0 Å². The first-order chi connectivity index (χ1) is 10.3. The van der Waals surface area contributed by atoms with Gasteiger partial charge in [0.15, 0.2) is 0 Å². The number of para-hydroxylation sites is 1. The van der Waals surface area contributed by atoms with Crippen LogP contribution >= 0.6 is 0 Å². The highest BCUT2D eigenvalue weighted by Gasteiger charge is 2.20. The summed E-state index contributed by atoms with van der Waals surface area (Å²) in [4.78, 5) is 11.4. The predicted molar refractivity (Wildman–Crippen MR) is 84.6 cm³/mol. The Morgan fingerprint density at radius 2 is 1.71 bits per heavy atom. The van der Waals surface area contributed by atoms with Gasteiger partial charge in [0, 0.05) is 30.0 Å². The number of benzene rings is 2. The zero-order valence-corrected chi connectivity index (χ0v) is 11.8. The van der Waals surface area contributed by atoms with E-state index in [4.69, 9.17) is 4.42 Å². The van der Waals surface area contributed by atoms with E-state index in [9.17, 15) is 4.79 Å². The molecular formula is C18H17NO2. The molecule has 0 atom stereocenters. The van der Waals surface area contributed by atoms with Gasteiger partial charge >= 0.3 is 0 Å². The molecule has 0 amide bonds. The first kappa shape index (κ1) is 12.5. The molecule has 1 aliphatic rings. The molecule has 0 bridgehead atoms. The second-order valence-corrected chi connectivity index (χ2v) is 5.73. The lowest BCUT2D eigenvalue weighted by Gasteiger charge is -2.23. The van der Waals surface area contributed by atoms with Crippen molar-refractivity contribution in [2.45, 2.75) is 31.7 Å². The van der Waals surface area contributed by atoms with Crippen molar-refractivity contribution in [1.82, 2.24) is 0 Å². The van der Waals surface area contributed by atoms with Crippen molar-refractivity contribution >= 4 is 33.4 Å². The van der Waals surface area contributed by atoms with E-state index in [1.54, 1.807) is 0 Å². The molecule has 1 N–H and O–H groups in total. The summed E-state index contributed by atoms with van der Waals surface area (Å²) in [6.07, 6.45) is 3.23. The highest BCUT2D eigenvalue weighted by molar-refractivity contribution is 6.11. The van der Waals surface area contributed by atoms with E-state index in [-0.39, 0.29) is 0 Å². The molecule has 3 nitrogen and oxygen atoms in total. The largest absolute Gasteiger partial charge is 0.456 e. The number of furan rings is 1. The zero-order chi connectivity index (χ0) is 14.2. The normalized spacial score (nSPS) is 16.7. The fourth-order valence-corrected chi connectivity index (χ4v) is 3.20. The average Bonchev–Trinajstić information content (AvgIpc) is 2.89. The molecule has 0 unspecified atom stereocenters. The number of fused-ring (bicyclic) bond motifs is 3. The summed E-state index contributed by atoms with van der Waals surface area (Å²) in [7, 11) is 0. The molecule has 1 saturated carbocycles. The molecule has 1 aliphatic carbocycles. The van der Waals surface area contributed by atoms with Gasteiger partial charge in [-0.1, -0.05) is 24.3 Å². The van der Waals surface area contributed by atoms with Gasteiger partial charge in [-0.05, 0) is 31.0 Å². The fourth-order valence-electron chi connectivity index (χ4n) is 3.20. The Morgan fingerprint density at radius 1 is 0.952 bits per heavy atom.